The molecule has 0 aliphatic carbocycles. The molecule has 0 saturated carbocycles. The van der Waals surface area contributed by atoms with Gasteiger partial charge < -0.3 is 21.3 Å². The Morgan fingerprint density at radius 1 is 0.927 bits per heavy atom. The minimum absolute atomic E-state index is 0.0712. The summed E-state index contributed by atoms with van der Waals surface area (Å²) in [5.74, 6) is -0.860. The van der Waals surface area contributed by atoms with Gasteiger partial charge in [0.15, 0.2) is 0 Å². The first kappa shape index (κ1) is 33.9. The van der Waals surface area contributed by atoms with E-state index in [0.717, 1.165) is 25.7 Å². The predicted molar refractivity (Wildman–Crippen MR) is 163 cm³/mol. The van der Waals surface area contributed by atoms with Crippen molar-refractivity contribution >= 4 is 17.7 Å². The lowest BCUT2D eigenvalue weighted by molar-refractivity contribution is -0.125. The van der Waals surface area contributed by atoms with Crippen molar-refractivity contribution in [3.05, 3.63) is 71.0 Å². The lowest BCUT2D eigenvalue weighted by Crippen LogP contribution is -2.50. The molecule has 3 atom stereocenters. The van der Waals surface area contributed by atoms with Gasteiger partial charge in [0.2, 0.25) is 5.91 Å². The van der Waals surface area contributed by atoms with Crippen molar-refractivity contribution in [2.24, 2.45) is 17.6 Å². The number of benzene rings is 2. The van der Waals surface area contributed by atoms with Gasteiger partial charge in [-0.15, -0.1) is 0 Å². The van der Waals surface area contributed by atoms with Crippen molar-refractivity contribution < 1.29 is 18.8 Å². The van der Waals surface area contributed by atoms with Gasteiger partial charge in [0.05, 0.1) is 0 Å². The molecule has 2 rings (SSSR count). The maximum Gasteiger partial charge on any atom is 0.253 e. The van der Waals surface area contributed by atoms with E-state index in [1.54, 1.807) is 41.3 Å². The van der Waals surface area contributed by atoms with E-state index < -0.39 is 12.1 Å². The van der Waals surface area contributed by atoms with Crippen LogP contribution in [0.3, 0.4) is 0 Å². The third-order valence-electron chi connectivity index (χ3n) is 7.62. The number of hydrogen-bond donors (Lipinski definition) is 3. The first-order valence-corrected chi connectivity index (χ1v) is 15.1. The number of hydrogen-bond acceptors (Lipinski definition) is 4. The zero-order valence-electron chi connectivity index (χ0n) is 25.4. The summed E-state index contributed by atoms with van der Waals surface area (Å²) in [5.41, 5.74) is 8.10. The Bertz CT molecular complexity index is 1120. The van der Waals surface area contributed by atoms with E-state index in [0.29, 0.717) is 55.1 Å². The van der Waals surface area contributed by atoms with E-state index >= 15 is 0 Å². The summed E-state index contributed by atoms with van der Waals surface area (Å²) in [6, 6.07) is 11.8. The predicted octanol–water partition coefficient (Wildman–Crippen LogP) is 5.33. The van der Waals surface area contributed by atoms with Crippen LogP contribution in [0.2, 0.25) is 0 Å². The number of carbonyl (C=O) groups excluding carboxylic acids is 3. The van der Waals surface area contributed by atoms with Crippen LogP contribution < -0.4 is 16.4 Å². The topological polar surface area (TPSA) is 105 Å². The van der Waals surface area contributed by atoms with Crippen molar-refractivity contribution in [1.82, 2.24) is 15.5 Å². The lowest BCUT2D eigenvalue weighted by atomic mass is 9.91. The van der Waals surface area contributed by atoms with Gasteiger partial charge >= 0.3 is 0 Å². The zero-order chi connectivity index (χ0) is 30.4. The van der Waals surface area contributed by atoms with E-state index in [2.05, 4.69) is 24.5 Å². The maximum atomic E-state index is 14.0. The average Bonchev–Trinajstić information content (AvgIpc) is 2.96. The van der Waals surface area contributed by atoms with E-state index in [1.807, 2.05) is 20.8 Å². The summed E-state index contributed by atoms with van der Waals surface area (Å²) in [7, 11) is 0. The summed E-state index contributed by atoms with van der Waals surface area (Å²) < 4.78 is 14.0. The number of nitrogens with two attached hydrogens (primary N) is 1. The molecule has 2 aromatic rings. The molecule has 4 N–H and O–H groups in total. The summed E-state index contributed by atoms with van der Waals surface area (Å²) in [6.45, 7) is 12.0. The van der Waals surface area contributed by atoms with E-state index in [4.69, 9.17) is 5.73 Å². The van der Waals surface area contributed by atoms with Crippen molar-refractivity contribution in [2.45, 2.75) is 85.2 Å². The first-order valence-electron chi connectivity index (χ1n) is 15.1. The summed E-state index contributed by atoms with van der Waals surface area (Å²) >= 11 is 0. The fraction of sp³-hybridized carbons (Fsp3) is 0.545. The molecule has 0 aliphatic rings. The van der Waals surface area contributed by atoms with Gasteiger partial charge in [-0.2, -0.15) is 0 Å². The van der Waals surface area contributed by atoms with Crippen LogP contribution >= 0.6 is 0 Å². The van der Waals surface area contributed by atoms with Gasteiger partial charge in [-0.1, -0.05) is 65.7 Å². The van der Waals surface area contributed by atoms with Crippen LogP contribution in [0.5, 0.6) is 0 Å². The highest BCUT2D eigenvalue weighted by Crippen LogP contribution is 2.16. The molecule has 8 heteroatoms. The maximum absolute atomic E-state index is 14.0. The highest BCUT2D eigenvalue weighted by molar-refractivity contribution is 5.99. The second-order valence-corrected chi connectivity index (χ2v) is 11.0. The van der Waals surface area contributed by atoms with Crippen LogP contribution in [0.1, 0.15) is 93.0 Å². The minimum atomic E-state index is -0.564. The molecule has 0 heterocycles. The Balaban J connectivity index is 2.21. The zero-order valence-corrected chi connectivity index (χ0v) is 25.4. The van der Waals surface area contributed by atoms with E-state index in [9.17, 15) is 18.8 Å². The van der Waals surface area contributed by atoms with Crippen LogP contribution in [0.15, 0.2) is 48.5 Å². The largest absolute Gasteiger partial charge is 0.356 e. The number of amides is 3. The van der Waals surface area contributed by atoms with Crippen molar-refractivity contribution in [2.75, 3.05) is 19.6 Å². The highest BCUT2D eigenvalue weighted by Gasteiger charge is 2.26. The molecular weight excluding hydrogens is 519 g/mol. The van der Waals surface area contributed by atoms with Crippen molar-refractivity contribution in [3.8, 4) is 0 Å². The third kappa shape index (κ3) is 10.9. The number of halogens is 1. The quantitative estimate of drug-likeness (QED) is 0.240. The number of nitrogens with one attached hydrogen (secondary N) is 2. The smallest absolute Gasteiger partial charge is 0.253 e. The molecule has 0 fully saturated rings. The van der Waals surface area contributed by atoms with Crippen LogP contribution in [-0.4, -0.2) is 54.3 Å². The van der Waals surface area contributed by atoms with Gasteiger partial charge in [0.25, 0.3) is 11.8 Å². The molecule has 0 spiro atoms. The summed E-state index contributed by atoms with van der Waals surface area (Å²) in [4.78, 5) is 41.1. The molecule has 41 heavy (non-hydrogen) atoms. The average molecular weight is 569 g/mol. The molecule has 0 aromatic heterocycles. The molecule has 3 amide bonds. The third-order valence-corrected chi connectivity index (χ3v) is 7.62. The van der Waals surface area contributed by atoms with E-state index in [1.165, 1.54) is 12.1 Å². The highest BCUT2D eigenvalue weighted by atomic mass is 19.1. The van der Waals surface area contributed by atoms with Crippen LogP contribution in [0.25, 0.3) is 0 Å². The fourth-order valence-electron chi connectivity index (χ4n) is 4.99. The molecular formula is C33H49FN4O3. The minimum Gasteiger partial charge on any atom is -0.356 e. The van der Waals surface area contributed by atoms with Crippen molar-refractivity contribution in [1.29, 1.82) is 0 Å². The lowest BCUT2D eigenvalue weighted by Gasteiger charge is -2.28. The molecule has 7 nitrogen and oxygen atoms in total. The summed E-state index contributed by atoms with van der Waals surface area (Å²) in [6.07, 6.45) is 4.32. The molecule has 226 valence electrons. The van der Waals surface area contributed by atoms with Crippen LogP contribution in [-0.2, 0) is 11.2 Å². The summed E-state index contributed by atoms with van der Waals surface area (Å²) in [5, 5.41) is 6.05. The van der Waals surface area contributed by atoms with E-state index in [-0.39, 0.29) is 29.5 Å². The van der Waals surface area contributed by atoms with Gasteiger partial charge in [0.1, 0.15) is 5.82 Å². The molecule has 0 saturated heterocycles. The molecule has 0 radical (unpaired) electrons. The Hall–Kier alpha value is -3.26. The molecule has 2 aromatic carbocycles. The monoisotopic (exact) mass is 568 g/mol. The molecule has 0 unspecified atom stereocenters. The molecule has 0 aliphatic heterocycles. The fourth-order valence-corrected chi connectivity index (χ4v) is 4.99. The first-order chi connectivity index (χ1) is 19.6. The van der Waals surface area contributed by atoms with Gasteiger partial charge in [-0.05, 0) is 67.5 Å². The Morgan fingerprint density at radius 2 is 1.56 bits per heavy atom. The van der Waals surface area contributed by atoms with Gasteiger partial charge in [0, 0.05) is 48.8 Å². The number of rotatable bonds is 17. The van der Waals surface area contributed by atoms with Gasteiger partial charge in [-0.3, -0.25) is 14.4 Å². The Kier molecular flexibility index (Phi) is 14.5. The second-order valence-electron chi connectivity index (χ2n) is 11.0. The normalized spacial score (nSPS) is 13.4. The van der Waals surface area contributed by atoms with Gasteiger partial charge in [-0.25, -0.2) is 4.39 Å². The molecule has 0 bridgehead atoms. The number of carbonyl (C=O) groups is 3. The number of nitrogens with zero attached hydrogens (tertiary/aromatic N) is 1. The Labute approximate surface area is 245 Å². The van der Waals surface area contributed by atoms with Crippen LogP contribution in [0.4, 0.5) is 4.39 Å². The standard InChI is InChI=1S/C33H49FN4O3/c1-6-16-38(17-7-2)33(41)27-14-11-13-26(21-27)32(40)37-30(20-25-12-10-15-28(34)19-25)29(35)18-23(5)31(39)36-22-24(8-3)9-4/h10-15,19,21,23-24,29-30H,6-9,16-18,20,22,35H2,1-5H3,(H,36,39)(H,37,40)/t23-,29+,30+/m1/s1. The van der Waals surface area contributed by atoms with Crippen molar-refractivity contribution in [3.63, 3.8) is 0 Å². The SMILES string of the molecule is CCCN(CCC)C(=O)c1cccc(C(=O)N[C@@H](Cc2cccc(F)c2)[C@@H](N)C[C@@H](C)C(=O)NCC(CC)CC)c1. The second kappa shape index (κ2) is 17.5. The Morgan fingerprint density at radius 3 is 2.17 bits per heavy atom. The van der Waals surface area contributed by atoms with Crippen LogP contribution in [0, 0.1) is 17.7 Å².